The third-order valence-corrected chi connectivity index (χ3v) is 5.04. The molecule has 0 saturated heterocycles. The molecule has 140 valence electrons. The molecule has 0 atom stereocenters. The molecule has 3 amide bonds. The number of hydrogen-bond acceptors (Lipinski definition) is 4. The van der Waals surface area contributed by atoms with Gasteiger partial charge in [0.15, 0.2) is 0 Å². The summed E-state index contributed by atoms with van der Waals surface area (Å²) in [5, 5.41) is 2.91. The number of thioether (sulfide) groups is 1. The van der Waals surface area contributed by atoms with Gasteiger partial charge in [0.25, 0.3) is 11.8 Å². The van der Waals surface area contributed by atoms with Crippen LogP contribution in [0.1, 0.15) is 52.5 Å². The van der Waals surface area contributed by atoms with E-state index in [4.69, 9.17) is 0 Å². The number of hydrogen-bond donors (Lipinski definition) is 1. The Labute approximate surface area is 159 Å². The van der Waals surface area contributed by atoms with Crippen LogP contribution in [0.2, 0.25) is 0 Å². The summed E-state index contributed by atoms with van der Waals surface area (Å²) in [7, 11) is 0. The summed E-state index contributed by atoms with van der Waals surface area (Å²) < 4.78 is 0. The lowest BCUT2D eigenvalue weighted by Crippen LogP contribution is -2.32. The Kier molecular flexibility index (Phi) is 7.03. The summed E-state index contributed by atoms with van der Waals surface area (Å²) in [6, 6.07) is 7.06. The first kappa shape index (κ1) is 20.2. The molecular formula is C20H26N2O3S. The first-order valence-electron chi connectivity index (χ1n) is 9.00. The van der Waals surface area contributed by atoms with Crippen molar-refractivity contribution in [1.29, 1.82) is 0 Å². The van der Waals surface area contributed by atoms with Crippen LogP contribution >= 0.6 is 11.8 Å². The number of anilines is 1. The standard InChI is InChI=1S/C20H26N2O3S/c1-5-6-7-12-22-19(24)17(18(20(22)25)26-13(2)3)15-8-10-16(11-9-15)21-14(4)23/h8-11,13H,5-7,12H2,1-4H3,(H,21,23). The highest BCUT2D eigenvalue weighted by Gasteiger charge is 2.39. The van der Waals surface area contributed by atoms with E-state index in [0.29, 0.717) is 28.3 Å². The van der Waals surface area contributed by atoms with Crippen LogP contribution in [0.25, 0.3) is 5.57 Å². The van der Waals surface area contributed by atoms with E-state index >= 15 is 0 Å². The lowest BCUT2D eigenvalue weighted by atomic mass is 10.1. The Bertz CT molecular complexity index is 723. The van der Waals surface area contributed by atoms with Crippen molar-refractivity contribution in [3.63, 3.8) is 0 Å². The lowest BCUT2D eigenvalue weighted by Gasteiger charge is -2.15. The van der Waals surface area contributed by atoms with Crippen LogP contribution in [0.5, 0.6) is 0 Å². The van der Waals surface area contributed by atoms with Gasteiger partial charge in [0, 0.05) is 24.4 Å². The zero-order valence-electron chi connectivity index (χ0n) is 15.8. The highest BCUT2D eigenvalue weighted by Crippen LogP contribution is 2.38. The number of unbranched alkanes of at least 4 members (excludes halogenated alkanes) is 2. The van der Waals surface area contributed by atoms with Gasteiger partial charge in [-0.15, -0.1) is 11.8 Å². The molecule has 0 saturated carbocycles. The molecule has 0 fully saturated rings. The summed E-state index contributed by atoms with van der Waals surface area (Å²) in [4.78, 5) is 38.8. The molecule has 1 aliphatic rings. The van der Waals surface area contributed by atoms with Gasteiger partial charge in [-0.1, -0.05) is 45.7 Å². The predicted octanol–water partition coefficient (Wildman–Crippen LogP) is 4.06. The molecule has 0 aliphatic carbocycles. The first-order valence-corrected chi connectivity index (χ1v) is 9.88. The minimum Gasteiger partial charge on any atom is -0.326 e. The maximum absolute atomic E-state index is 12.9. The van der Waals surface area contributed by atoms with E-state index in [-0.39, 0.29) is 23.0 Å². The van der Waals surface area contributed by atoms with Crippen LogP contribution in [0.15, 0.2) is 29.2 Å². The molecule has 5 nitrogen and oxygen atoms in total. The van der Waals surface area contributed by atoms with Crippen LogP contribution in [0.3, 0.4) is 0 Å². The monoisotopic (exact) mass is 374 g/mol. The van der Waals surface area contributed by atoms with Crippen LogP contribution in [0.4, 0.5) is 5.69 Å². The topological polar surface area (TPSA) is 66.5 Å². The minimum absolute atomic E-state index is 0.151. The van der Waals surface area contributed by atoms with Crippen molar-refractivity contribution in [3.05, 3.63) is 34.7 Å². The van der Waals surface area contributed by atoms with Crippen molar-refractivity contribution in [2.24, 2.45) is 0 Å². The van der Waals surface area contributed by atoms with E-state index < -0.39 is 0 Å². The zero-order valence-corrected chi connectivity index (χ0v) is 16.6. The normalized spacial score (nSPS) is 14.6. The van der Waals surface area contributed by atoms with Gasteiger partial charge in [0.1, 0.15) is 0 Å². The van der Waals surface area contributed by atoms with Gasteiger partial charge in [0.05, 0.1) is 10.5 Å². The molecular weight excluding hydrogens is 348 g/mol. The van der Waals surface area contributed by atoms with E-state index in [1.165, 1.54) is 23.6 Å². The molecule has 26 heavy (non-hydrogen) atoms. The van der Waals surface area contributed by atoms with E-state index in [2.05, 4.69) is 12.2 Å². The summed E-state index contributed by atoms with van der Waals surface area (Å²) in [5.41, 5.74) is 1.84. The molecule has 0 aromatic heterocycles. The van der Waals surface area contributed by atoms with Gasteiger partial charge in [0.2, 0.25) is 5.91 Å². The number of imide groups is 1. The highest BCUT2D eigenvalue weighted by atomic mass is 32.2. The van der Waals surface area contributed by atoms with Gasteiger partial charge in [-0.05, 0) is 24.1 Å². The fourth-order valence-corrected chi connectivity index (χ4v) is 3.81. The second-order valence-corrected chi connectivity index (χ2v) is 8.19. The van der Waals surface area contributed by atoms with E-state index in [0.717, 1.165) is 19.3 Å². The van der Waals surface area contributed by atoms with E-state index in [1.807, 2.05) is 13.8 Å². The number of amides is 3. The number of carbonyl (C=O) groups is 3. The van der Waals surface area contributed by atoms with Gasteiger partial charge in [-0.3, -0.25) is 19.3 Å². The van der Waals surface area contributed by atoms with Crippen molar-refractivity contribution in [2.45, 2.75) is 52.2 Å². The van der Waals surface area contributed by atoms with Crippen molar-refractivity contribution in [3.8, 4) is 0 Å². The smallest absolute Gasteiger partial charge is 0.267 e. The molecule has 1 aliphatic heterocycles. The van der Waals surface area contributed by atoms with Gasteiger partial charge < -0.3 is 5.32 Å². The molecule has 1 heterocycles. The number of nitrogens with zero attached hydrogens (tertiary/aromatic N) is 1. The van der Waals surface area contributed by atoms with Gasteiger partial charge >= 0.3 is 0 Å². The molecule has 1 aromatic rings. The average Bonchev–Trinajstić information content (AvgIpc) is 2.79. The third kappa shape index (κ3) is 4.75. The second kappa shape index (κ2) is 9.03. The van der Waals surface area contributed by atoms with Crippen LogP contribution < -0.4 is 5.32 Å². The molecule has 2 rings (SSSR count). The molecule has 6 heteroatoms. The Morgan fingerprint density at radius 3 is 2.31 bits per heavy atom. The van der Waals surface area contributed by atoms with Gasteiger partial charge in [-0.25, -0.2) is 0 Å². The summed E-state index contributed by atoms with van der Waals surface area (Å²) in [5.74, 6) is -0.561. The summed E-state index contributed by atoms with van der Waals surface area (Å²) >= 11 is 1.43. The van der Waals surface area contributed by atoms with Crippen molar-refractivity contribution in [2.75, 3.05) is 11.9 Å². The Morgan fingerprint density at radius 1 is 1.12 bits per heavy atom. The van der Waals surface area contributed by atoms with Crippen molar-refractivity contribution in [1.82, 2.24) is 4.90 Å². The molecule has 1 N–H and O–H groups in total. The maximum Gasteiger partial charge on any atom is 0.267 e. The third-order valence-electron chi connectivity index (χ3n) is 3.96. The number of rotatable bonds is 8. The molecule has 0 radical (unpaired) electrons. The van der Waals surface area contributed by atoms with Gasteiger partial charge in [-0.2, -0.15) is 0 Å². The average molecular weight is 375 g/mol. The SMILES string of the molecule is CCCCCN1C(=O)C(SC(C)C)=C(c2ccc(NC(C)=O)cc2)C1=O. The molecule has 1 aromatic carbocycles. The van der Waals surface area contributed by atoms with Crippen LogP contribution in [0, 0.1) is 0 Å². The highest BCUT2D eigenvalue weighted by molar-refractivity contribution is 8.04. The van der Waals surface area contributed by atoms with E-state index in [1.54, 1.807) is 24.3 Å². The van der Waals surface area contributed by atoms with Crippen molar-refractivity contribution >= 4 is 40.7 Å². The Balaban J connectivity index is 2.33. The number of carbonyl (C=O) groups excluding carboxylic acids is 3. The van der Waals surface area contributed by atoms with E-state index in [9.17, 15) is 14.4 Å². The Morgan fingerprint density at radius 2 is 1.77 bits per heavy atom. The lowest BCUT2D eigenvalue weighted by molar-refractivity contribution is -0.136. The fraction of sp³-hybridized carbons (Fsp3) is 0.450. The molecule has 0 spiro atoms. The largest absolute Gasteiger partial charge is 0.326 e. The summed E-state index contributed by atoms with van der Waals surface area (Å²) in [6.45, 7) is 8.01. The predicted molar refractivity (Wildman–Crippen MR) is 107 cm³/mol. The quantitative estimate of drug-likeness (QED) is 0.550. The molecule has 0 unspecified atom stereocenters. The fourth-order valence-electron chi connectivity index (χ4n) is 2.80. The maximum atomic E-state index is 12.9. The molecule has 0 bridgehead atoms. The second-order valence-electron chi connectivity index (χ2n) is 6.60. The summed E-state index contributed by atoms with van der Waals surface area (Å²) in [6.07, 6.45) is 2.85. The van der Waals surface area contributed by atoms with Crippen LogP contribution in [-0.2, 0) is 14.4 Å². The first-order chi connectivity index (χ1) is 12.3. The minimum atomic E-state index is -0.221. The zero-order chi connectivity index (χ0) is 19.3. The number of nitrogens with one attached hydrogen (secondary N) is 1. The van der Waals surface area contributed by atoms with Crippen LogP contribution in [-0.4, -0.2) is 34.4 Å². The van der Waals surface area contributed by atoms with Crippen molar-refractivity contribution < 1.29 is 14.4 Å². The Hall–Kier alpha value is -2.08. The number of benzene rings is 1.